The molecule has 8 aromatic rings. The van der Waals surface area contributed by atoms with Crippen molar-refractivity contribution in [3.05, 3.63) is 134 Å². The summed E-state index contributed by atoms with van der Waals surface area (Å²) in [6, 6.07) is 42.5. The van der Waals surface area contributed by atoms with Gasteiger partial charge in [-0.2, -0.15) is 0 Å². The summed E-state index contributed by atoms with van der Waals surface area (Å²) in [5, 5.41) is 2.48. The molecule has 0 amide bonds. The third kappa shape index (κ3) is 3.24. The van der Waals surface area contributed by atoms with E-state index < -0.39 is 0 Å². The average molecular weight is 487 g/mol. The minimum absolute atomic E-state index is 0.842. The standard InChI is InChI=1S/C34H22N4/c1-3-10-24(11-4-1)29-21-37-31-18-17-28(27-16-15-23-9-7-8-14-26(23)19-27)20-32(31)38-22-30(25-12-5-2-6-13-25)36-34(38)33(37)35-29/h1-22H. The van der Waals surface area contributed by atoms with E-state index in [1.54, 1.807) is 0 Å². The number of nitrogens with zero attached hydrogens (tertiary/aromatic N) is 4. The van der Waals surface area contributed by atoms with Crippen molar-refractivity contribution in [2.75, 3.05) is 0 Å². The van der Waals surface area contributed by atoms with Crippen molar-refractivity contribution in [2.45, 2.75) is 0 Å². The van der Waals surface area contributed by atoms with Gasteiger partial charge in [-0.25, -0.2) is 9.97 Å². The van der Waals surface area contributed by atoms with E-state index in [1.807, 2.05) is 36.4 Å². The van der Waals surface area contributed by atoms with Gasteiger partial charge < -0.3 is 0 Å². The molecule has 0 atom stereocenters. The van der Waals surface area contributed by atoms with Crippen LogP contribution in [0.5, 0.6) is 0 Å². The second-order valence-corrected chi connectivity index (χ2v) is 9.64. The maximum Gasteiger partial charge on any atom is 0.182 e. The van der Waals surface area contributed by atoms with Crippen LogP contribution in [0.3, 0.4) is 0 Å². The molecule has 0 aliphatic heterocycles. The quantitative estimate of drug-likeness (QED) is 0.252. The summed E-state index contributed by atoms with van der Waals surface area (Å²) in [5.41, 5.74) is 10.3. The number of imidazole rings is 2. The van der Waals surface area contributed by atoms with Crippen LogP contribution in [0.1, 0.15) is 0 Å². The van der Waals surface area contributed by atoms with Crippen molar-refractivity contribution in [3.8, 4) is 33.6 Å². The SMILES string of the molecule is c1ccc(-c2cn3c4ccc(-c5ccc6ccccc6c5)cc4n4cc(-c5ccccc5)nc4c3n2)cc1. The number of rotatable bonds is 3. The van der Waals surface area contributed by atoms with Gasteiger partial charge in [0.15, 0.2) is 11.3 Å². The van der Waals surface area contributed by atoms with Crippen LogP contribution in [0.4, 0.5) is 0 Å². The predicted molar refractivity (Wildman–Crippen MR) is 155 cm³/mol. The molecule has 0 bridgehead atoms. The van der Waals surface area contributed by atoms with Crippen molar-refractivity contribution in [1.82, 2.24) is 18.8 Å². The molecule has 8 rings (SSSR count). The zero-order valence-corrected chi connectivity index (χ0v) is 20.5. The van der Waals surface area contributed by atoms with Crippen LogP contribution in [0.2, 0.25) is 0 Å². The van der Waals surface area contributed by atoms with Crippen LogP contribution in [-0.2, 0) is 0 Å². The summed E-state index contributed by atoms with van der Waals surface area (Å²) in [4.78, 5) is 10.2. The minimum atomic E-state index is 0.842. The van der Waals surface area contributed by atoms with E-state index in [4.69, 9.17) is 9.97 Å². The van der Waals surface area contributed by atoms with Gasteiger partial charge >= 0.3 is 0 Å². The maximum atomic E-state index is 5.09. The highest BCUT2D eigenvalue weighted by molar-refractivity contribution is 5.93. The van der Waals surface area contributed by atoms with Gasteiger partial charge in [-0.1, -0.05) is 103 Å². The lowest BCUT2D eigenvalue weighted by molar-refractivity contribution is 1.17. The second kappa shape index (κ2) is 8.15. The molecule has 0 N–H and O–H groups in total. The fraction of sp³-hybridized carbons (Fsp3) is 0. The smallest absolute Gasteiger partial charge is 0.182 e. The Morgan fingerprint density at radius 1 is 0.395 bits per heavy atom. The molecule has 0 aliphatic carbocycles. The van der Waals surface area contributed by atoms with E-state index in [0.717, 1.165) is 44.8 Å². The molecule has 4 nitrogen and oxygen atoms in total. The first-order chi connectivity index (χ1) is 18.8. The second-order valence-electron chi connectivity index (χ2n) is 9.64. The van der Waals surface area contributed by atoms with Gasteiger partial charge in [-0.3, -0.25) is 8.80 Å². The molecule has 4 heteroatoms. The highest BCUT2D eigenvalue weighted by atomic mass is 15.1. The molecule has 0 saturated carbocycles. The monoisotopic (exact) mass is 486 g/mol. The van der Waals surface area contributed by atoms with Gasteiger partial charge in [0.1, 0.15) is 0 Å². The van der Waals surface area contributed by atoms with Crippen LogP contribution < -0.4 is 0 Å². The van der Waals surface area contributed by atoms with E-state index in [1.165, 1.54) is 21.9 Å². The highest BCUT2D eigenvalue weighted by Gasteiger charge is 2.17. The Morgan fingerprint density at radius 2 is 0.921 bits per heavy atom. The summed E-state index contributed by atoms with van der Waals surface area (Å²) < 4.78 is 4.37. The average Bonchev–Trinajstić information content (AvgIpc) is 3.64. The number of aromatic nitrogens is 4. The third-order valence-corrected chi connectivity index (χ3v) is 7.33. The fourth-order valence-corrected chi connectivity index (χ4v) is 5.41. The van der Waals surface area contributed by atoms with Crippen molar-refractivity contribution >= 4 is 33.1 Å². The normalized spacial score (nSPS) is 11.7. The molecular weight excluding hydrogens is 464 g/mol. The summed E-state index contributed by atoms with van der Waals surface area (Å²) in [6.45, 7) is 0. The van der Waals surface area contributed by atoms with E-state index in [0.29, 0.717) is 0 Å². The van der Waals surface area contributed by atoms with Crippen LogP contribution in [0.15, 0.2) is 134 Å². The van der Waals surface area contributed by atoms with E-state index in [9.17, 15) is 0 Å². The lowest BCUT2D eigenvalue weighted by Gasteiger charge is -2.09. The molecule has 0 saturated heterocycles. The van der Waals surface area contributed by atoms with E-state index in [-0.39, 0.29) is 0 Å². The van der Waals surface area contributed by atoms with Gasteiger partial charge in [0, 0.05) is 23.5 Å². The molecule has 0 radical (unpaired) electrons. The van der Waals surface area contributed by atoms with Gasteiger partial charge in [0.05, 0.1) is 22.4 Å². The van der Waals surface area contributed by atoms with Crippen molar-refractivity contribution in [1.29, 1.82) is 0 Å². The number of benzene rings is 5. The van der Waals surface area contributed by atoms with Crippen LogP contribution >= 0.6 is 0 Å². The molecular formula is C34H22N4. The first kappa shape index (κ1) is 20.9. The molecule has 0 unspecified atom stereocenters. The zero-order valence-electron chi connectivity index (χ0n) is 20.5. The van der Waals surface area contributed by atoms with Gasteiger partial charge in [-0.05, 0) is 40.1 Å². The number of hydrogen-bond donors (Lipinski definition) is 0. The first-order valence-electron chi connectivity index (χ1n) is 12.8. The summed E-state index contributed by atoms with van der Waals surface area (Å²) in [7, 11) is 0. The topological polar surface area (TPSA) is 34.6 Å². The number of hydrogen-bond acceptors (Lipinski definition) is 2. The van der Waals surface area contributed by atoms with Crippen molar-refractivity contribution in [2.24, 2.45) is 0 Å². The largest absolute Gasteiger partial charge is 0.294 e. The molecule has 178 valence electrons. The van der Waals surface area contributed by atoms with Crippen molar-refractivity contribution < 1.29 is 0 Å². The Hall–Kier alpha value is -5.22. The van der Waals surface area contributed by atoms with Gasteiger partial charge in [0.25, 0.3) is 0 Å². The lowest BCUT2D eigenvalue weighted by Crippen LogP contribution is -1.96. The Balaban J connectivity index is 1.42. The highest BCUT2D eigenvalue weighted by Crippen LogP contribution is 2.32. The molecule has 3 heterocycles. The predicted octanol–water partition coefficient (Wildman–Crippen LogP) is 8.29. The van der Waals surface area contributed by atoms with Crippen LogP contribution in [0, 0.1) is 0 Å². The van der Waals surface area contributed by atoms with Crippen molar-refractivity contribution in [3.63, 3.8) is 0 Å². The Morgan fingerprint density at radius 3 is 1.58 bits per heavy atom. The summed E-state index contributed by atoms with van der Waals surface area (Å²) >= 11 is 0. The molecule has 3 aromatic heterocycles. The Labute approximate surface area is 219 Å². The Kier molecular flexibility index (Phi) is 4.49. The lowest BCUT2D eigenvalue weighted by atomic mass is 10.0. The molecule has 0 aliphatic rings. The van der Waals surface area contributed by atoms with E-state index in [2.05, 4.69) is 106 Å². The fourth-order valence-electron chi connectivity index (χ4n) is 5.41. The van der Waals surface area contributed by atoms with Crippen LogP contribution in [0.25, 0.3) is 66.7 Å². The molecule has 38 heavy (non-hydrogen) atoms. The summed E-state index contributed by atoms with van der Waals surface area (Å²) in [6.07, 6.45) is 4.26. The number of fused-ring (bicyclic) bond motifs is 7. The maximum absolute atomic E-state index is 5.09. The molecule has 5 aromatic carbocycles. The molecule has 0 fully saturated rings. The molecule has 0 spiro atoms. The third-order valence-electron chi connectivity index (χ3n) is 7.33. The minimum Gasteiger partial charge on any atom is -0.294 e. The Bertz CT molecular complexity index is 2120. The summed E-state index contributed by atoms with van der Waals surface area (Å²) in [5.74, 6) is 0. The zero-order chi connectivity index (χ0) is 25.1. The van der Waals surface area contributed by atoms with Gasteiger partial charge in [0.2, 0.25) is 0 Å². The van der Waals surface area contributed by atoms with E-state index >= 15 is 0 Å². The van der Waals surface area contributed by atoms with Crippen LogP contribution in [-0.4, -0.2) is 18.8 Å². The van der Waals surface area contributed by atoms with Gasteiger partial charge in [-0.15, -0.1) is 0 Å². The first-order valence-corrected chi connectivity index (χ1v) is 12.8.